The van der Waals surface area contributed by atoms with Crippen LogP contribution < -0.4 is 5.73 Å². The molecular weight excluding hydrogens is 224 g/mol. The molecule has 0 aromatic heterocycles. The summed E-state index contributed by atoms with van der Waals surface area (Å²) < 4.78 is 0. The number of hydrogen-bond donors (Lipinski definition) is 1. The van der Waals surface area contributed by atoms with Crippen molar-refractivity contribution in [2.45, 2.75) is 32.7 Å². The molecule has 1 aromatic rings. The quantitative estimate of drug-likeness (QED) is 0.886. The summed E-state index contributed by atoms with van der Waals surface area (Å²) in [6.07, 6.45) is 3.37. The van der Waals surface area contributed by atoms with E-state index in [1.54, 1.807) is 6.92 Å². The van der Waals surface area contributed by atoms with Crippen molar-refractivity contribution in [1.82, 2.24) is 4.90 Å². The Morgan fingerprint density at radius 1 is 1.22 bits per heavy atom. The van der Waals surface area contributed by atoms with Crippen LogP contribution in [0.15, 0.2) is 24.3 Å². The van der Waals surface area contributed by atoms with E-state index in [9.17, 15) is 4.79 Å². The Labute approximate surface area is 109 Å². The van der Waals surface area contributed by atoms with Crippen LogP contribution in [0.1, 0.15) is 30.9 Å². The van der Waals surface area contributed by atoms with Gasteiger partial charge in [0.1, 0.15) is 0 Å². The molecule has 0 radical (unpaired) electrons. The third-order valence-corrected chi connectivity index (χ3v) is 3.84. The highest BCUT2D eigenvalue weighted by Crippen LogP contribution is 2.21. The molecule has 0 spiro atoms. The Morgan fingerprint density at radius 3 is 2.28 bits per heavy atom. The third kappa shape index (κ3) is 3.33. The standard InChI is InChI=1S/C15H22N2O/c1-12(18)17-8-6-14(7-9-17)10-13-2-4-15(11-16)5-3-13/h2-5,14H,6-11,16H2,1H3. The smallest absolute Gasteiger partial charge is 0.219 e. The summed E-state index contributed by atoms with van der Waals surface area (Å²) in [6, 6.07) is 8.58. The summed E-state index contributed by atoms with van der Waals surface area (Å²) in [6.45, 7) is 4.10. The number of likely N-dealkylation sites (tertiary alicyclic amines) is 1. The van der Waals surface area contributed by atoms with Crippen LogP contribution in [0.4, 0.5) is 0 Å². The molecule has 1 amide bonds. The van der Waals surface area contributed by atoms with Crippen LogP contribution in [-0.2, 0) is 17.8 Å². The molecule has 1 aliphatic heterocycles. The predicted octanol–water partition coefficient (Wildman–Crippen LogP) is 1.95. The SMILES string of the molecule is CC(=O)N1CCC(Cc2ccc(CN)cc2)CC1. The molecule has 1 heterocycles. The van der Waals surface area contributed by atoms with Crippen LogP contribution >= 0.6 is 0 Å². The second-order valence-corrected chi connectivity index (χ2v) is 5.17. The fourth-order valence-electron chi connectivity index (χ4n) is 2.60. The molecule has 0 atom stereocenters. The minimum absolute atomic E-state index is 0.209. The third-order valence-electron chi connectivity index (χ3n) is 3.84. The lowest BCUT2D eigenvalue weighted by molar-refractivity contribution is -0.130. The van der Waals surface area contributed by atoms with Crippen LogP contribution in [0.3, 0.4) is 0 Å². The Kier molecular flexibility index (Phi) is 4.37. The van der Waals surface area contributed by atoms with Gasteiger partial charge in [0.15, 0.2) is 0 Å². The van der Waals surface area contributed by atoms with Crippen molar-refractivity contribution < 1.29 is 4.79 Å². The molecule has 98 valence electrons. The lowest BCUT2D eigenvalue weighted by Gasteiger charge is -2.31. The van der Waals surface area contributed by atoms with Gasteiger partial charge in [0.2, 0.25) is 5.91 Å². The minimum Gasteiger partial charge on any atom is -0.343 e. The zero-order valence-electron chi connectivity index (χ0n) is 11.1. The lowest BCUT2D eigenvalue weighted by atomic mass is 9.90. The monoisotopic (exact) mass is 246 g/mol. The second-order valence-electron chi connectivity index (χ2n) is 5.17. The Hall–Kier alpha value is -1.35. The zero-order chi connectivity index (χ0) is 13.0. The number of nitrogens with two attached hydrogens (primary N) is 1. The topological polar surface area (TPSA) is 46.3 Å². The Bertz CT molecular complexity index is 391. The molecule has 3 heteroatoms. The number of piperidine rings is 1. The van der Waals surface area contributed by atoms with Gasteiger partial charge in [-0.05, 0) is 36.3 Å². The number of hydrogen-bond acceptors (Lipinski definition) is 2. The van der Waals surface area contributed by atoms with Crippen LogP contribution in [0, 0.1) is 5.92 Å². The van der Waals surface area contributed by atoms with E-state index in [1.807, 2.05) is 4.90 Å². The lowest BCUT2D eigenvalue weighted by Crippen LogP contribution is -2.37. The number of amides is 1. The summed E-state index contributed by atoms with van der Waals surface area (Å²) in [5.41, 5.74) is 8.16. The van der Waals surface area contributed by atoms with Gasteiger partial charge in [0.05, 0.1) is 0 Å². The molecule has 0 saturated carbocycles. The first-order valence-corrected chi connectivity index (χ1v) is 6.72. The van der Waals surface area contributed by atoms with Crippen LogP contribution in [0.5, 0.6) is 0 Å². The maximum atomic E-state index is 11.2. The van der Waals surface area contributed by atoms with Crippen molar-refractivity contribution in [3.8, 4) is 0 Å². The average molecular weight is 246 g/mol. The van der Waals surface area contributed by atoms with Gasteiger partial charge >= 0.3 is 0 Å². The maximum absolute atomic E-state index is 11.2. The number of carbonyl (C=O) groups excluding carboxylic acids is 1. The van der Waals surface area contributed by atoms with Crippen molar-refractivity contribution in [3.63, 3.8) is 0 Å². The first-order chi connectivity index (χ1) is 8.69. The molecule has 0 aliphatic carbocycles. The predicted molar refractivity (Wildman–Crippen MR) is 73.0 cm³/mol. The molecule has 1 aromatic carbocycles. The number of rotatable bonds is 3. The van der Waals surface area contributed by atoms with E-state index < -0.39 is 0 Å². The van der Waals surface area contributed by atoms with Crippen LogP contribution in [-0.4, -0.2) is 23.9 Å². The molecule has 0 unspecified atom stereocenters. The number of nitrogens with zero attached hydrogens (tertiary/aromatic N) is 1. The van der Waals surface area contributed by atoms with E-state index >= 15 is 0 Å². The number of benzene rings is 1. The first-order valence-electron chi connectivity index (χ1n) is 6.72. The second kappa shape index (κ2) is 6.01. The van der Waals surface area contributed by atoms with Crippen LogP contribution in [0.25, 0.3) is 0 Å². The number of carbonyl (C=O) groups is 1. The molecule has 2 rings (SSSR count). The highest BCUT2D eigenvalue weighted by Gasteiger charge is 2.20. The molecular formula is C15H22N2O. The summed E-state index contributed by atoms with van der Waals surface area (Å²) in [7, 11) is 0. The van der Waals surface area contributed by atoms with Gasteiger partial charge in [-0.15, -0.1) is 0 Å². The van der Waals surface area contributed by atoms with Crippen molar-refractivity contribution in [1.29, 1.82) is 0 Å². The zero-order valence-corrected chi connectivity index (χ0v) is 11.1. The van der Waals surface area contributed by atoms with Gasteiger partial charge in [-0.2, -0.15) is 0 Å². The average Bonchev–Trinajstić information content (AvgIpc) is 2.40. The summed E-state index contributed by atoms with van der Waals surface area (Å²) in [5, 5.41) is 0. The first kappa shape index (κ1) is 13.1. The molecule has 0 bridgehead atoms. The van der Waals surface area contributed by atoms with Gasteiger partial charge in [0, 0.05) is 26.6 Å². The summed E-state index contributed by atoms with van der Waals surface area (Å²) in [5.74, 6) is 0.921. The van der Waals surface area contributed by atoms with Crippen molar-refractivity contribution in [2.75, 3.05) is 13.1 Å². The van der Waals surface area contributed by atoms with Crippen LogP contribution in [0.2, 0.25) is 0 Å². The van der Waals surface area contributed by atoms with Crippen molar-refractivity contribution in [2.24, 2.45) is 11.7 Å². The molecule has 2 N–H and O–H groups in total. The molecule has 3 nitrogen and oxygen atoms in total. The van der Waals surface area contributed by atoms with E-state index in [0.717, 1.165) is 32.4 Å². The molecule has 18 heavy (non-hydrogen) atoms. The van der Waals surface area contributed by atoms with E-state index in [-0.39, 0.29) is 5.91 Å². The van der Waals surface area contributed by atoms with Gasteiger partial charge in [-0.3, -0.25) is 4.79 Å². The normalized spacial score (nSPS) is 16.9. The van der Waals surface area contributed by atoms with E-state index in [0.29, 0.717) is 12.5 Å². The Balaban J connectivity index is 1.85. The van der Waals surface area contributed by atoms with Gasteiger partial charge in [-0.1, -0.05) is 24.3 Å². The van der Waals surface area contributed by atoms with E-state index in [1.165, 1.54) is 11.1 Å². The Morgan fingerprint density at radius 2 is 1.78 bits per heavy atom. The largest absolute Gasteiger partial charge is 0.343 e. The highest BCUT2D eigenvalue weighted by atomic mass is 16.2. The molecule has 1 fully saturated rings. The summed E-state index contributed by atoms with van der Waals surface area (Å²) >= 11 is 0. The molecule has 1 aliphatic rings. The molecule has 1 saturated heterocycles. The fraction of sp³-hybridized carbons (Fsp3) is 0.533. The maximum Gasteiger partial charge on any atom is 0.219 e. The van der Waals surface area contributed by atoms with Gasteiger partial charge in [-0.25, -0.2) is 0 Å². The van der Waals surface area contributed by atoms with Gasteiger partial charge < -0.3 is 10.6 Å². The van der Waals surface area contributed by atoms with E-state index in [2.05, 4.69) is 24.3 Å². The summed E-state index contributed by atoms with van der Waals surface area (Å²) in [4.78, 5) is 13.2. The van der Waals surface area contributed by atoms with Crippen molar-refractivity contribution in [3.05, 3.63) is 35.4 Å². The fourth-order valence-corrected chi connectivity index (χ4v) is 2.60. The minimum atomic E-state index is 0.209. The van der Waals surface area contributed by atoms with Gasteiger partial charge in [0.25, 0.3) is 0 Å². The van der Waals surface area contributed by atoms with E-state index in [4.69, 9.17) is 5.73 Å². The van der Waals surface area contributed by atoms with Crippen molar-refractivity contribution >= 4 is 5.91 Å². The highest BCUT2D eigenvalue weighted by molar-refractivity contribution is 5.73.